The topological polar surface area (TPSA) is 88.1 Å². The van der Waals surface area contributed by atoms with Gasteiger partial charge in [-0.1, -0.05) is 42.5 Å². The number of carbonyl (C=O) groups is 1. The summed E-state index contributed by atoms with van der Waals surface area (Å²) in [4.78, 5) is 23.4. The predicted octanol–water partition coefficient (Wildman–Crippen LogP) is 6.39. The number of pyridine rings is 1. The van der Waals surface area contributed by atoms with Crippen LogP contribution in [0.5, 0.6) is 5.75 Å². The first kappa shape index (κ1) is 23.5. The van der Waals surface area contributed by atoms with Crippen molar-refractivity contribution in [1.82, 2.24) is 15.0 Å². The molecular formula is C29H25N3O3S. The highest BCUT2D eigenvalue weighted by molar-refractivity contribution is 7.13. The smallest absolute Gasteiger partial charge is 0.303 e. The third-order valence-electron chi connectivity index (χ3n) is 5.90. The fourth-order valence-electron chi connectivity index (χ4n) is 4.11. The number of rotatable bonds is 10. The summed E-state index contributed by atoms with van der Waals surface area (Å²) in [6.07, 6.45) is 6.79. The van der Waals surface area contributed by atoms with Gasteiger partial charge < -0.3 is 14.8 Å². The Morgan fingerprint density at radius 3 is 2.56 bits per heavy atom. The van der Waals surface area contributed by atoms with Crippen molar-refractivity contribution in [3.8, 4) is 27.4 Å². The lowest BCUT2D eigenvalue weighted by Crippen LogP contribution is -2.01. The van der Waals surface area contributed by atoms with Crippen molar-refractivity contribution in [3.63, 3.8) is 0 Å². The van der Waals surface area contributed by atoms with Crippen LogP contribution in [-0.2, 0) is 24.2 Å². The van der Waals surface area contributed by atoms with Gasteiger partial charge in [-0.05, 0) is 47.4 Å². The monoisotopic (exact) mass is 495 g/mol. The van der Waals surface area contributed by atoms with Gasteiger partial charge in [-0.3, -0.25) is 9.78 Å². The van der Waals surface area contributed by atoms with E-state index in [1.54, 1.807) is 17.5 Å². The predicted molar refractivity (Wildman–Crippen MR) is 141 cm³/mol. The second-order valence-electron chi connectivity index (χ2n) is 8.41. The molecule has 0 aliphatic carbocycles. The van der Waals surface area contributed by atoms with E-state index in [1.165, 1.54) is 0 Å². The molecule has 3 heterocycles. The average molecular weight is 496 g/mol. The molecule has 7 heteroatoms. The molecule has 0 saturated heterocycles. The van der Waals surface area contributed by atoms with E-state index in [0.29, 0.717) is 19.4 Å². The van der Waals surface area contributed by atoms with Gasteiger partial charge in [0.05, 0.1) is 5.69 Å². The lowest BCUT2D eigenvalue weighted by molar-refractivity contribution is -0.136. The summed E-state index contributed by atoms with van der Waals surface area (Å²) in [6.45, 7) is 0.395. The van der Waals surface area contributed by atoms with Crippen LogP contribution in [0.2, 0.25) is 0 Å². The molecular weight excluding hydrogens is 470 g/mol. The molecule has 0 aliphatic rings. The van der Waals surface area contributed by atoms with Gasteiger partial charge in [-0.15, -0.1) is 11.3 Å². The summed E-state index contributed by atoms with van der Waals surface area (Å²) in [5.74, 6) is -0.0208. The van der Waals surface area contributed by atoms with Crippen LogP contribution in [0.4, 0.5) is 0 Å². The first-order valence-electron chi connectivity index (χ1n) is 11.7. The van der Waals surface area contributed by atoms with Crippen LogP contribution >= 0.6 is 11.3 Å². The molecule has 0 aliphatic heterocycles. The van der Waals surface area contributed by atoms with Crippen molar-refractivity contribution in [2.75, 3.05) is 0 Å². The fourth-order valence-corrected chi connectivity index (χ4v) is 4.90. The summed E-state index contributed by atoms with van der Waals surface area (Å²) in [5.41, 5.74) is 7.23. The molecule has 0 saturated carbocycles. The van der Waals surface area contributed by atoms with Gasteiger partial charge in [0, 0.05) is 53.6 Å². The highest BCUT2D eigenvalue weighted by Gasteiger charge is 2.15. The lowest BCUT2D eigenvalue weighted by atomic mass is 9.97. The Labute approximate surface area is 213 Å². The molecule has 0 bridgehead atoms. The van der Waals surface area contributed by atoms with Gasteiger partial charge in [-0.2, -0.15) is 0 Å². The summed E-state index contributed by atoms with van der Waals surface area (Å²) in [6, 6.07) is 22.0. The number of carboxylic acids is 1. The van der Waals surface area contributed by atoms with Crippen molar-refractivity contribution < 1.29 is 14.6 Å². The van der Waals surface area contributed by atoms with Crippen LogP contribution in [0.1, 0.15) is 28.9 Å². The quantitative estimate of drug-likeness (QED) is 0.234. The van der Waals surface area contributed by atoms with Crippen molar-refractivity contribution >= 4 is 17.3 Å². The molecule has 0 fully saturated rings. The van der Waals surface area contributed by atoms with Crippen LogP contribution in [0.25, 0.3) is 21.7 Å². The molecule has 2 N–H and O–H groups in total. The number of benzene rings is 2. The molecule has 180 valence electrons. The largest absolute Gasteiger partial charge is 0.487 e. The zero-order chi connectivity index (χ0) is 24.7. The number of nitrogens with zero attached hydrogens (tertiary/aromatic N) is 2. The zero-order valence-electron chi connectivity index (χ0n) is 19.6. The molecule has 0 atom stereocenters. The Morgan fingerprint density at radius 2 is 1.81 bits per heavy atom. The van der Waals surface area contributed by atoms with Crippen LogP contribution in [0, 0.1) is 0 Å². The van der Waals surface area contributed by atoms with Crippen LogP contribution < -0.4 is 4.74 Å². The van der Waals surface area contributed by atoms with Gasteiger partial charge in [0.1, 0.15) is 17.4 Å². The first-order chi connectivity index (χ1) is 17.7. The molecule has 0 radical (unpaired) electrons. The molecule has 2 aromatic carbocycles. The average Bonchev–Trinajstić information content (AvgIpc) is 3.55. The van der Waals surface area contributed by atoms with Gasteiger partial charge in [0.2, 0.25) is 0 Å². The number of aromatic nitrogens is 3. The highest BCUT2D eigenvalue weighted by Crippen LogP contribution is 2.29. The van der Waals surface area contributed by atoms with Crippen molar-refractivity contribution in [2.24, 2.45) is 0 Å². The minimum Gasteiger partial charge on any atom is -0.487 e. The van der Waals surface area contributed by atoms with E-state index >= 15 is 0 Å². The van der Waals surface area contributed by atoms with Gasteiger partial charge in [-0.25, -0.2) is 4.98 Å². The van der Waals surface area contributed by atoms with E-state index in [1.807, 2.05) is 84.5 Å². The summed E-state index contributed by atoms with van der Waals surface area (Å²) >= 11 is 1.58. The van der Waals surface area contributed by atoms with Crippen molar-refractivity contribution in [3.05, 3.63) is 113 Å². The number of hydrogen-bond donors (Lipinski definition) is 2. The minimum absolute atomic E-state index is 0.0938. The van der Waals surface area contributed by atoms with Gasteiger partial charge in [0.15, 0.2) is 0 Å². The Bertz CT molecular complexity index is 1430. The number of H-pyrrole nitrogens is 1. The Balaban J connectivity index is 1.25. The summed E-state index contributed by atoms with van der Waals surface area (Å²) < 4.78 is 5.95. The maximum Gasteiger partial charge on any atom is 0.303 e. The molecule has 0 amide bonds. The lowest BCUT2D eigenvalue weighted by Gasteiger charge is -2.09. The number of carboxylic acid groups (broad SMARTS) is 1. The number of nitrogens with one attached hydrogen (secondary N) is 1. The fraction of sp³-hybridized carbons (Fsp3) is 0.138. The molecule has 6 nitrogen and oxygen atoms in total. The van der Waals surface area contributed by atoms with Gasteiger partial charge in [0.25, 0.3) is 0 Å². The normalized spacial score (nSPS) is 10.9. The SMILES string of the molecule is O=C(O)CCc1c(-c2ccccc2)c[nH]c1Cc1ccc(OCc2csc(-c3cccnc3)n2)cc1. The molecule has 5 aromatic rings. The Kier molecular flexibility index (Phi) is 7.19. The maximum absolute atomic E-state index is 11.3. The number of hydrogen-bond acceptors (Lipinski definition) is 5. The zero-order valence-corrected chi connectivity index (χ0v) is 20.4. The van der Waals surface area contributed by atoms with E-state index < -0.39 is 5.97 Å². The summed E-state index contributed by atoms with van der Waals surface area (Å²) in [5, 5.41) is 12.2. The highest BCUT2D eigenvalue weighted by atomic mass is 32.1. The van der Waals surface area contributed by atoms with E-state index in [-0.39, 0.29) is 6.42 Å². The van der Waals surface area contributed by atoms with E-state index in [4.69, 9.17) is 4.74 Å². The first-order valence-corrected chi connectivity index (χ1v) is 12.6. The Hall–Kier alpha value is -4.23. The maximum atomic E-state index is 11.3. The number of aliphatic carboxylic acids is 1. The van der Waals surface area contributed by atoms with Crippen LogP contribution in [-0.4, -0.2) is 26.0 Å². The van der Waals surface area contributed by atoms with Gasteiger partial charge >= 0.3 is 5.97 Å². The third kappa shape index (κ3) is 5.70. The van der Waals surface area contributed by atoms with Crippen LogP contribution in [0.15, 0.2) is 90.7 Å². The Morgan fingerprint density at radius 1 is 1.00 bits per heavy atom. The molecule has 0 unspecified atom stereocenters. The third-order valence-corrected chi connectivity index (χ3v) is 6.85. The van der Waals surface area contributed by atoms with E-state index in [2.05, 4.69) is 15.0 Å². The minimum atomic E-state index is -0.796. The van der Waals surface area contributed by atoms with E-state index in [0.717, 1.165) is 50.0 Å². The van der Waals surface area contributed by atoms with Crippen molar-refractivity contribution in [1.29, 1.82) is 0 Å². The molecule has 3 aromatic heterocycles. The second kappa shape index (κ2) is 11.0. The molecule has 36 heavy (non-hydrogen) atoms. The van der Waals surface area contributed by atoms with Crippen molar-refractivity contribution in [2.45, 2.75) is 25.9 Å². The molecule has 0 spiro atoms. The number of aromatic amines is 1. The van der Waals surface area contributed by atoms with E-state index in [9.17, 15) is 9.90 Å². The van der Waals surface area contributed by atoms with Crippen LogP contribution in [0.3, 0.4) is 0 Å². The molecule has 5 rings (SSSR count). The number of thiazole rings is 1. The number of ether oxygens (including phenoxy) is 1. The standard InChI is InChI=1S/C29H25N3O3S/c33-28(34)13-12-25-26(21-5-2-1-3-6-21)17-31-27(25)15-20-8-10-24(11-9-20)35-18-23-19-36-29(32-23)22-7-4-14-30-16-22/h1-11,14,16-17,19,31H,12-13,15,18H2,(H,33,34). The second-order valence-corrected chi connectivity index (χ2v) is 9.27. The summed E-state index contributed by atoms with van der Waals surface area (Å²) in [7, 11) is 0.